The van der Waals surface area contributed by atoms with E-state index in [1.54, 1.807) is 6.20 Å². The van der Waals surface area contributed by atoms with Gasteiger partial charge < -0.3 is 10.5 Å². The van der Waals surface area contributed by atoms with Crippen LogP contribution in [0.2, 0.25) is 0 Å². The summed E-state index contributed by atoms with van der Waals surface area (Å²) in [7, 11) is 0. The molecule has 2 rings (SSSR count). The lowest BCUT2D eigenvalue weighted by Crippen LogP contribution is -2.01. The zero-order valence-electron chi connectivity index (χ0n) is 8.19. The largest absolute Gasteiger partial charge is 0.475 e. The summed E-state index contributed by atoms with van der Waals surface area (Å²) in [5.74, 6) is 0.916. The number of aromatic nitrogens is 3. The first kappa shape index (κ1) is 8.80. The molecular formula is C9H12N4O. The Kier molecular flexibility index (Phi) is 1.99. The standard InChI is InChI=1S/C9H12N4O/c1-3-14-9-8-11-6(2)4-13(8)5-7(10)12-9/h4-5H,3,10H2,1-2H3. The van der Waals surface area contributed by atoms with Crippen LogP contribution < -0.4 is 10.5 Å². The van der Waals surface area contributed by atoms with Gasteiger partial charge in [0.1, 0.15) is 5.82 Å². The van der Waals surface area contributed by atoms with E-state index in [9.17, 15) is 0 Å². The van der Waals surface area contributed by atoms with Gasteiger partial charge >= 0.3 is 0 Å². The van der Waals surface area contributed by atoms with Gasteiger partial charge in [0.15, 0.2) is 0 Å². The van der Waals surface area contributed by atoms with Gasteiger partial charge in [0.2, 0.25) is 5.65 Å². The highest BCUT2D eigenvalue weighted by Gasteiger charge is 2.07. The highest BCUT2D eigenvalue weighted by molar-refractivity contribution is 5.53. The minimum Gasteiger partial charge on any atom is -0.475 e. The summed E-state index contributed by atoms with van der Waals surface area (Å²) in [5, 5.41) is 0. The average Bonchev–Trinajstić information content (AvgIpc) is 2.45. The van der Waals surface area contributed by atoms with Crippen molar-refractivity contribution in [2.24, 2.45) is 0 Å². The average molecular weight is 192 g/mol. The lowest BCUT2D eigenvalue weighted by atomic mass is 10.6. The third-order valence-electron chi connectivity index (χ3n) is 1.83. The third kappa shape index (κ3) is 1.37. The molecule has 5 nitrogen and oxygen atoms in total. The molecule has 0 aliphatic rings. The normalized spacial score (nSPS) is 10.7. The fourth-order valence-electron chi connectivity index (χ4n) is 1.34. The second kappa shape index (κ2) is 3.17. The van der Waals surface area contributed by atoms with Crippen molar-refractivity contribution in [3.63, 3.8) is 0 Å². The van der Waals surface area contributed by atoms with E-state index in [0.29, 0.717) is 24.0 Å². The maximum Gasteiger partial charge on any atom is 0.260 e. The minimum absolute atomic E-state index is 0.429. The van der Waals surface area contributed by atoms with E-state index in [-0.39, 0.29) is 0 Å². The first-order valence-corrected chi connectivity index (χ1v) is 4.45. The van der Waals surface area contributed by atoms with E-state index >= 15 is 0 Å². The van der Waals surface area contributed by atoms with E-state index in [1.807, 2.05) is 24.4 Å². The number of anilines is 1. The maximum atomic E-state index is 5.62. The van der Waals surface area contributed by atoms with E-state index in [1.165, 1.54) is 0 Å². The van der Waals surface area contributed by atoms with Crippen molar-refractivity contribution in [2.45, 2.75) is 13.8 Å². The van der Waals surface area contributed by atoms with E-state index in [0.717, 1.165) is 5.69 Å². The Hall–Kier alpha value is -1.78. The second-order valence-electron chi connectivity index (χ2n) is 3.02. The van der Waals surface area contributed by atoms with Crippen molar-refractivity contribution in [1.29, 1.82) is 0 Å². The monoisotopic (exact) mass is 192 g/mol. The summed E-state index contributed by atoms with van der Waals surface area (Å²) in [4.78, 5) is 8.37. The maximum absolute atomic E-state index is 5.62. The fourth-order valence-corrected chi connectivity index (χ4v) is 1.34. The second-order valence-corrected chi connectivity index (χ2v) is 3.02. The number of imidazole rings is 1. The van der Waals surface area contributed by atoms with Gasteiger partial charge in [0.05, 0.1) is 18.5 Å². The predicted octanol–water partition coefficient (Wildman–Crippen LogP) is 1.02. The predicted molar refractivity (Wildman–Crippen MR) is 53.3 cm³/mol. The van der Waals surface area contributed by atoms with Gasteiger partial charge in [0, 0.05) is 6.20 Å². The fraction of sp³-hybridized carbons (Fsp3) is 0.333. The van der Waals surface area contributed by atoms with Crippen LogP contribution in [0, 0.1) is 6.92 Å². The molecule has 0 spiro atoms. The lowest BCUT2D eigenvalue weighted by molar-refractivity contribution is 0.329. The molecule has 74 valence electrons. The Labute approximate surface area is 81.5 Å². The first-order valence-electron chi connectivity index (χ1n) is 4.45. The number of ether oxygens (including phenoxy) is 1. The number of nitrogen functional groups attached to an aromatic ring is 1. The van der Waals surface area contributed by atoms with Gasteiger partial charge in [-0.25, -0.2) is 4.98 Å². The number of fused-ring (bicyclic) bond motifs is 1. The molecule has 0 radical (unpaired) electrons. The molecule has 0 atom stereocenters. The summed E-state index contributed by atoms with van der Waals surface area (Å²) < 4.78 is 7.16. The van der Waals surface area contributed by atoms with E-state index in [4.69, 9.17) is 10.5 Å². The van der Waals surface area contributed by atoms with Crippen molar-refractivity contribution in [2.75, 3.05) is 12.3 Å². The highest BCUT2D eigenvalue weighted by Crippen LogP contribution is 2.18. The smallest absolute Gasteiger partial charge is 0.260 e. The molecule has 2 heterocycles. The Morgan fingerprint density at radius 1 is 1.43 bits per heavy atom. The lowest BCUT2D eigenvalue weighted by Gasteiger charge is -2.04. The van der Waals surface area contributed by atoms with Gasteiger partial charge in [-0.3, -0.25) is 4.40 Å². The van der Waals surface area contributed by atoms with Crippen LogP contribution in [0.1, 0.15) is 12.6 Å². The van der Waals surface area contributed by atoms with Crippen LogP contribution in [-0.2, 0) is 0 Å². The summed E-state index contributed by atoms with van der Waals surface area (Å²) in [5.41, 5.74) is 7.25. The van der Waals surface area contributed by atoms with Crippen LogP contribution in [0.25, 0.3) is 5.65 Å². The molecule has 0 aliphatic heterocycles. The molecule has 2 aromatic heterocycles. The molecule has 0 fully saturated rings. The molecular weight excluding hydrogens is 180 g/mol. The zero-order chi connectivity index (χ0) is 10.1. The molecule has 0 bridgehead atoms. The van der Waals surface area contributed by atoms with Crippen LogP contribution in [0.4, 0.5) is 5.82 Å². The Morgan fingerprint density at radius 2 is 2.21 bits per heavy atom. The van der Waals surface area contributed by atoms with Crippen molar-refractivity contribution >= 4 is 11.5 Å². The molecule has 0 saturated carbocycles. The van der Waals surface area contributed by atoms with Crippen molar-refractivity contribution in [1.82, 2.24) is 14.4 Å². The summed E-state index contributed by atoms with van der Waals surface area (Å²) in [6, 6.07) is 0. The van der Waals surface area contributed by atoms with Crippen molar-refractivity contribution in [3.05, 3.63) is 18.1 Å². The molecule has 0 aliphatic carbocycles. The summed E-state index contributed by atoms with van der Waals surface area (Å²) in [6.07, 6.45) is 3.60. The molecule has 0 unspecified atom stereocenters. The quantitative estimate of drug-likeness (QED) is 0.771. The number of nitrogens with zero attached hydrogens (tertiary/aromatic N) is 3. The van der Waals surface area contributed by atoms with Crippen LogP contribution in [-0.4, -0.2) is 21.0 Å². The van der Waals surface area contributed by atoms with Crippen molar-refractivity contribution in [3.8, 4) is 5.88 Å². The highest BCUT2D eigenvalue weighted by atomic mass is 16.5. The first-order chi connectivity index (χ1) is 6.70. The summed E-state index contributed by atoms with van der Waals surface area (Å²) in [6.45, 7) is 4.37. The van der Waals surface area contributed by atoms with E-state index in [2.05, 4.69) is 9.97 Å². The number of hydrogen-bond donors (Lipinski definition) is 1. The molecule has 14 heavy (non-hydrogen) atoms. The summed E-state index contributed by atoms with van der Waals surface area (Å²) >= 11 is 0. The van der Waals surface area contributed by atoms with Crippen LogP contribution >= 0.6 is 0 Å². The van der Waals surface area contributed by atoms with Gasteiger partial charge in [0.25, 0.3) is 5.88 Å². The van der Waals surface area contributed by atoms with Crippen LogP contribution in [0.15, 0.2) is 12.4 Å². The molecule has 2 N–H and O–H groups in total. The van der Waals surface area contributed by atoms with Gasteiger partial charge in [-0.05, 0) is 13.8 Å². The number of nitrogens with two attached hydrogens (primary N) is 1. The van der Waals surface area contributed by atoms with Crippen LogP contribution in [0.3, 0.4) is 0 Å². The molecule has 5 heteroatoms. The van der Waals surface area contributed by atoms with E-state index < -0.39 is 0 Å². The SMILES string of the molecule is CCOc1nc(N)cn2cc(C)nc12. The number of aryl methyl sites for hydroxylation is 1. The van der Waals surface area contributed by atoms with Crippen molar-refractivity contribution < 1.29 is 4.74 Å². The Balaban J connectivity index is 2.66. The third-order valence-corrected chi connectivity index (χ3v) is 1.83. The molecule has 0 saturated heterocycles. The molecule has 2 aromatic rings. The Morgan fingerprint density at radius 3 is 2.93 bits per heavy atom. The topological polar surface area (TPSA) is 65.4 Å². The van der Waals surface area contributed by atoms with Gasteiger partial charge in [-0.1, -0.05) is 0 Å². The molecule has 0 aromatic carbocycles. The number of rotatable bonds is 2. The zero-order valence-corrected chi connectivity index (χ0v) is 8.19. The van der Waals surface area contributed by atoms with Gasteiger partial charge in [-0.2, -0.15) is 4.98 Å². The molecule has 0 amide bonds. The number of hydrogen-bond acceptors (Lipinski definition) is 4. The van der Waals surface area contributed by atoms with Gasteiger partial charge in [-0.15, -0.1) is 0 Å². The minimum atomic E-state index is 0.429. The Bertz CT molecular complexity index is 463. The van der Waals surface area contributed by atoms with Crippen LogP contribution in [0.5, 0.6) is 5.88 Å².